The van der Waals surface area contributed by atoms with E-state index < -0.39 is 11.2 Å². The molecule has 28 heavy (non-hydrogen) atoms. The highest BCUT2D eigenvalue weighted by atomic mass is 79.9. The maximum atomic E-state index is 12.6. The molecule has 0 saturated carbocycles. The lowest BCUT2D eigenvalue weighted by Crippen LogP contribution is -2.32. The van der Waals surface area contributed by atoms with Crippen molar-refractivity contribution in [2.45, 2.75) is 26.4 Å². The van der Waals surface area contributed by atoms with Crippen LogP contribution in [0.1, 0.15) is 25.8 Å². The Morgan fingerprint density at radius 3 is 2.71 bits per heavy atom. The van der Waals surface area contributed by atoms with Crippen molar-refractivity contribution in [1.82, 2.24) is 9.66 Å². The Morgan fingerprint density at radius 2 is 2.00 bits per heavy atom. The zero-order chi connectivity index (χ0) is 20.3. The molecule has 0 spiro atoms. The summed E-state index contributed by atoms with van der Waals surface area (Å²) in [4.78, 5) is 27.4. The highest BCUT2D eigenvalue weighted by Gasteiger charge is 2.12. The number of para-hydroxylation sites is 1. The second kappa shape index (κ2) is 8.43. The monoisotopic (exact) mass is 445 g/mol. The van der Waals surface area contributed by atoms with Crippen LogP contribution < -0.4 is 20.7 Å². The summed E-state index contributed by atoms with van der Waals surface area (Å²) < 4.78 is 12.8. The van der Waals surface area contributed by atoms with Crippen molar-refractivity contribution < 1.29 is 9.47 Å². The molecule has 7 nitrogen and oxygen atoms in total. The summed E-state index contributed by atoms with van der Waals surface area (Å²) in [5.74, 6) is 1.13. The molecule has 8 heteroatoms. The maximum Gasteiger partial charge on any atom is 0.349 e. The van der Waals surface area contributed by atoms with Crippen LogP contribution in [0, 0.1) is 0 Å². The summed E-state index contributed by atoms with van der Waals surface area (Å²) >= 11 is 3.47. The van der Waals surface area contributed by atoms with Crippen LogP contribution in [0.2, 0.25) is 0 Å². The summed E-state index contributed by atoms with van der Waals surface area (Å²) in [5.41, 5.74) is 0.00123. The average Bonchev–Trinajstić information content (AvgIpc) is 2.69. The van der Waals surface area contributed by atoms with E-state index in [1.165, 1.54) is 6.21 Å². The third kappa shape index (κ3) is 4.01. The molecule has 0 radical (unpaired) electrons. The fourth-order valence-corrected chi connectivity index (χ4v) is 3.00. The minimum Gasteiger partial charge on any atom is -0.493 e. The number of hydrogen-bond donors (Lipinski definition) is 1. The quantitative estimate of drug-likeness (QED) is 0.588. The van der Waals surface area contributed by atoms with Gasteiger partial charge in [0.05, 0.1) is 30.3 Å². The fourth-order valence-electron chi connectivity index (χ4n) is 2.58. The summed E-state index contributed by atoms with van der Waals surface area (Å²) in [7, 11) is 1.55. The van der Waals surface area contributed by atoms with Gasteiger partial charge in [-0.05, 0) is 53.5 Å². The number of benzene rings is 2. The molecule has 1 heterocycles. The van der Waals surface area contributed by atoms with E-state index in [2.05, 4.69) is 26.0 Å². The number of hydrogen-bond acceptors (Lipinski definition) is 5. The maximum absolute atomic E-state index is 12.6. The standard InChI is InChI=1S/C20H20BrN3O4/c1-4-12(2)28-18-10-15(21)13(9-17(18)27-3)11-22-24-19(25)14-7-5-6-8-16(14)23-20(24)26/h5-12H,4H2,1-3H3,(H,23,26)/t12-/m0/s1. The summed E-state index contributed by atoms with van der Waals surface area (Å²) in [5, 5.41) is 4.46. The second-order valence-electron chi connectivity index (χ2n) is 6.20. The van der Waals surface area contributed by atoms with Gasteiger partial charge in [-0.2, -0.15) is 5.10 Å². The molecule has 0 amide bonds. The molecule has 0 bridgehead atoms. The van der Waals surface area contributed by atoms with Gasteiger partial charge in [-0.1, -0.05) is 19.1 Å². The van der Waals surface area contributed by atoms with E-state index in [9.17, 15) is 9.59 Å². The van der Waals surface area contributed by atoms with Crippen molar-refractivity contribution >= 4 is 33.0 Å². The van der Waals surface area contributed by atoms with Crippen LogP contribution in [-0.4, -0.2) is 29.1 Å². The third-order valence-electron chi connectivity index (χ3n) is 4.28. The Bertz CT molecular complexity index is 1150. The number of H-pyrrole nitrogens is 1. The highest BCUT2D eigenvalue weighted by Crippen LogP contribution is 2.33. The smallest absolute Gasteiger partial charge is 0.349 e. The molecular weight excluding hydrogens is 426 g/mol. The van der Waals surface area contributed by atoms with E-state index >= 15 is 0 Å². The number of nitrogens with zero attached hydrogens (tertiary/aromatic N) is 2. The van der Waals surface area contributed by atoms with Gasteiger partial charge in [-0.15, -0.1) is 4.68 Å². The molecule has 146 valence electrons. The molecule has 1 atom stereocenters. The van der Waals surface area contributed by atoms with Crippen LogP contribution >= 0.6 is 15.9 Å². The van der Waals surface area contributed by atoms with E-state index in [4.69, 9.17) is 9.47 Å². The molecule has 1 aromatic heterocycles. The molecule has 0 aliphatic heterocycles. The first-order valence-electron chi connectivity index (χ1n) is 8.77. The topological polar surface area (TPSA) is 85.7 Å². The summed E-state index contributed by atoms with van der Waals surface area (Å²) in [6, 6.07) is 10.3. The van der Waals surface area contributed by atoms with E-state index in [0.29, 0.717) is 32.4 Å². The van der Waals surface area contributed by atoms with Crippen molar-refractivity contribution in [3.8, 4) is 11.5 Å². The molecule has 1 N–H and O–H groups in total. The van der Waals surface area contributed by atoms with Gasteiger partial charge in [-0.25, -0.2) is 4.79 Å². The van der Waals surface area contributed by atoms with Gasteiger partial charge < -0.3 is 14.5 Å². The number of methoxy groups -OCH3 is 1. The Labute approximate surface area is 169 Å². The molecule has 3 rings (SSSR count). The number of fused-ring (bicyclic) bond motifs is 1. The lowest BCUT2D eigenvalue weighted by molar-refractivity contribution is 0.207. The van der Waals surface area contributed by atoms with Crippen molar-refractivity contribution in [2.24, 2.45) is 5.10 Å². The number of rotatable bonds is 6. The number of aromatic amines is 1. The molecule has 0 fully saturated rings. The summed E-state index contributed by atoms with van der Waals surface area (Å²) in [6.45, 7) is 4.01. The first kappa shape index (κ1) is 19.9. The Morgan fingerprint density at radius 1 is 1.25 bits per heavy atom. The van der Waals surface area contributed by atoms with E-state index in [0.717, 1.165) is 11.1 Å². The van der Waals surface area contributed by atoms with Crippen LogP contribution in [0.4, 0.5) is 0 Å². The predicted molar refractivity (Wildman–Crippen MR) is 113 cm³/mol. The van der Waals surface area contributed by atoms with Crippen LogP contribution in [0.3, 0.4) is 0 Å². The molecular formula is C20H20BrN3O4. The number of aromatic nitrogens is 2. The van der Waals surface area contributed by atoms with Crippen molar-refractivity contribution in [3.63, 3.8) is 0 Å². The van der Waals surface area contributed by atoms with Crippen LogP contribution in [0.5, 0.6) is 11.5 Å². The van der Waals surface area contributed by atoms with E-state index in [-0.39, 0.29) is 6.10 Å². The third-order valence-corrected chi connectivity index (χ3v) is 4.97. The number of halogens is 1. The van der Waals surface area contributed by atoms with Crippen LogP contribution in [0.25, 0.3) is 10.9 Å². The lowest BCUT2D eigenvalue weighted by atomic mass is 10.2. The van der Waals surface area contributed by atoms with Gasteiger partial charge in [0.1, 0.15) is 0 Å². The Hall–Kier alpha value is -2.87. The van der Waals surface area contributed by atoms with Crippen molar-refractivity contribution in [3.05, 3.63) is 67.3 Å². The molecule has 2 aromatic carbocycles. The highest BCUT2D eigenvalue weighted by molar-refractivity contribution is 9.10. The van der Waals surface area contributed by atoms with Crippen molar-refractivity contribution in [1.29, 1.82) is 0 Å². The van der Waals surface area contributed by atoms with Gasteiger partial charge in [0.25, 0.3) is 5.56 Å². The zero-order valence-electron chi connectivity index (χ0n) is 15.7. The zero-order valence-corrected chi connectivity index (χ0v) is 17.3. The summed E-state index contributed by atoms with van der Waals surface area (Å²) in [6.07, 6.45) is 2.32. The first-order chi connectivity index (χ1) is 13.4. The van der Waals surface area contributed by atoms with Gasteiger partial charge in [0.15, 0.2) is 11.5 Å². The van der Waals surface area contributed by atoms with Gasteiger partial charge in [-0.3, -0.25) is 4.79 Å². The lowest BCUT2D eigenvalue weighted by Gasteiger charge is -2.16. The largest absolute Gasteiger partial charge is 0.493 e. The molecule has 0 saturated heterocycles. The first-order valence-corrected chi connectivity index (χ1v) is 9.56. The Balaban J connectivity index is 2.02. The van der Waals surface area contributed by atoms with Crippen molar-refractivity contribution in [2.75, 3.05) is 7.11 Å². The molecule has 0 unspecified atom stereocenters. The number of ether oxygens (including phenoxy) is 2. The molecule has 0 aliphatic carbocycles. The van der Waals surface area contributed by atoms with Gasteiger partial charge in [0.2, 0.25) is 0 Å². The Kier molecular flexibility index (Phi) is 5.99. The minimum atomic E-state index is -0.611. The van der Waals surface area contributed by atoms with Gasteiger partial charge >= 0.3 is 5.69 Å². The van der Waals surface area contributed by atoms with E-state index in [1.54, 1.807) is 43.5 Å². The molecule has 0 aliphatic rings. The van der Waals surface area contributed by atoms with Crippen LogP contribution in [0.15, 0.2) is 55.6 Å². The SMILES string of the molecule is CC[C@H](C)Oc1cc(Br)c(C=Nn2c(=O)[nH]c3ccccc3c2=O)cc1OC. The van der Waals surface area contributed by atoms with Crippen LogP contribution in [-0.2, 0) is 0 Å². The number of nitrogens with one attached hydrogen (secondary N) is 1. The molecule has 3 aromatic rings. The van der Waals surface area contributed by atoms with Gasteiger partial charge in [0, 0.05) is 10.0 Å². The second-order valence-corrected chi connectivity index (χ2v) is 7.05. The average molecular weight is 446 g/mol. The normalized spacial score (nSPS) is 12.4. The minimum absolute atomic E-state index is 0.0371. The van der Waals surface area contributed by atoms with E-state index in [1.807, 2.05) is 13.8 Å². The fraction of sp³-hybridized carbons (Fsp3) is 0.250. The predicted octanol–water partition coefficient (Wildman–Crippen LogP) is 3.52.